The molecule has 0 unspecified atom stereocenters. The van der Waals surface area contributed by atoms with Crippen LogP contribution >= 0.6 is 35.6 Å². The first kappa shape index (κ1) is 19.8. The quantitative estimate of drug-likeness (QED) is 0.725. The molecule has 0 heterocycles. The number of carbonyl (C=O) groups is 1. The monoisotopic (exact) mass is 266 g/mol. The molecule has 0 aliphatic heterocycles. The number of alkyl halides is 2. The van der Waals surface area contributed by atoms with Crippen molar-refractivity contribution in [1.29, 1.82) is 0 Å². The molecule has 0 atom stereocenters. The Balaban J connectivity index is -0.000000177. The molecule has 0 bridgehead atoms. The van der Waals surface area contributed by atoms with Crippen molar-refractivity contribution in [1.82, 2.24) is 4.90 Å². The predicted octanol–water partition coefficient (Wildman–Crippen LogP) is 0.847. The summed E-state index contributed by atoms with van der Waals surface area (Å²) in [7, 11) is 2.00. The molecule has 0 saturated carbocycles. The number of rotatable bonds is 5. The SMILES string of the molecule is CN(CCCl)CCCl.Cl.NCC(=O)O. The van der Waals surface area contributed by atoms with Gasteiger partial charge in [0.2, 0.25) is 0 Å². The molecule has 7 heteroatoms. The first-order valence-electron chi connectivity index (χ1n) is 3.80. The molecule has 0 fully saturated rings. The minimum Gasteiger partial charge on any atom is -0.480 e. The maximum Gasteiger partial charge on any atom is 0.317 e. The molecule has 14 heavy (non-hydrogen) atoms. The Hall–Kier alpha value is 0.260. The van der Waals surface area contributed by atoms with Gasteiger partial charge in [-0.1, -0.05) is 0 Å². The van der Waals surface area contributed by atoms with Gasteiger partial charge >= 0.3 is 5.97 Å². The minimum atomic E-state index is -0.968. The number of hydrogen-bond donors (Lipinski definition) is 2. The van der Waals surface area contributed by atoms with E-state index in [2.05, 4.69) is 10.6 Å². The fourth-order valence-corrected chi connectivity index (χ4v) is 0.977. The van der Waals surface area contributed by atoms with Gasteiger partial charge < -0.3 is 15.7 Å². The lowest BCUT2D eigenvalue weighted by Crippen LogP contribution is -2.22. The molecule has 0 aromatic rings. The standard InChI is InChI=1S/C5H11Cl2N.C2H5NO2.ClH/c1-8(4-2-6)5-3-7;3-1-2(4)5;/h2-5H2,1H3;1,3H2,(H,4,5);1H. The van der Waals surface area contributed by atoms with Gasteiger partial charge in [0.25, 0.3) is 0 Å². The van der Waals surface area contributed by atoms with E-state index in [0.717, 1.165) is 13.1 Å². The summed E-state index contributed by atoms with van der Waals surface area (Å²) in [4.78, 5) is 11.3. The number of aliphatic carboxylic acids is 1. The maximum atomic E-state index is 9.24. The summed E-state index contributed by atoms with van der Waals surface area (Å²) in [5.41, 5.74) is 4.57. The van der Waals surface area contributed by atoms with E-state index in [4.69, 9.17) is 28.3 Å². The Labute approximate surface area is 101 Å². The average Bonchev–Trinajstić information content (AvgIpc) is 2.06. The molecule has 0 aromatic heterocycles. The molecule has 0 amide bonds. The van der Waals surface area contributed by atoms with Crippen LogP contribution in [0.1, 0.15) is 0 Å². The van der Waals surface area contributed by atoms with Crippen molar-refractivity contribution in [3.8, 4) is 0 Å². The molecule has 3 N–H and O–H groups in total. The Morgan fingerprint density at radius 3 is 1.79 bits per heavy atom. The van der Waals surface area contributed by atoms with Crippen LogP contribution in [0, 0.1) is 0 Å². The van der Waals surface area contributed by atoms with Gasteiger partial charge in [-0.05, 0) is 7.05 Å². The van der Waals surface area contributed by atoms with Crippen LogP contribution in [0.2, 0.25) is 0 Å². The van der Waals surface area contributed by atoms with E-state index in [1.807, 2.05) is 7.05 Å². The largest absolute Gasteiger partial charge is 0.480 e. The third-order valence-electron chi connectivity index (χ3n) is 1.11. The summed E-state index contributed by atoms with van der Waals surface area (Å²) < 4.78 is 0. The molecule has 0 aromatic carbocycles. The number of carboxylic acid groups (broad SMARTS) is 1. The average molecular weight is 268 g/mol. The number of hydrogen-bond acceptors (Lipinski definition) is 3. The van der Waals surface area contributed by atoms with Gasteiger partial charge in [0.05, 0.1) is 6.54 Å². The number of carboxylic acids is 1. The molecular formula is C7H17Cl3N2O2. The van der Waals surface area contributed by atoms with Gasteiger partial charge in [0.1, 0.15) is 0 Å². The highest BCUT2D eigenvalue weighted by Crippen LogP contribution is 1.85. The lowest BCUT2D eigenvalue weighted by atomic mass is 10.6. The Bertz CT molecular complexity index is 122. The molecule has 0 aliphatic rings. The Morgan fingerprint density at radius 1 is 1.36 bits per heavy atom. The molecule has 0 radical (unpaired) electrons. The summed E-state index contributed by atoms with van der Waals surface area (Å²) >= 11 is 10.9. The smallest absolute Gasteiger partial charge is 0.317 e. The van der Waals surface area contributed by atoms with E-state index in [0.29, 0.717) is 11.8 Å². The molecule has 0 spiro atoms. The zero-order valence-electron chi connectivity index (χ0n) is 8.08. The van der Waals surface area contributed by atoms with E-state index in [1.165, 1.54) is 0 Å². The van der Waals surface area contributed by atoms with Crippen molar-refractivity contribution in [3.63, 3.8) is 0 Å². The van der Waals surface area contributed by atoms with Crippen LogP contribution in [0.3, 0.4) is 0 Å². The first-order chi connectivity index (χ1) is 6.08. The highest BCUT2D eigenvalue weighted by Gasteiger charge is 1.92. The maximum absolute atomic E-state index is 9.24. The van der Waals surface area contributed by atoms with Gasteiger partial charge in [0, 0.05) is 24.8 Å². The first-order valence-corrected chi connectivity index (χ1v) is 4.87. The van der Waals surface area contributed by atoms with Crippen LogP contribution in [0.5, 0.6) is 0 Å². The van der Waals surface area contributed by atoms with Gasteiger partial charge in [0.15, 0.2) is 0 Å². The normalized spacial score (nSPS) is 8.64. The minimum absolute atomic E-state index is 0. The van der Waals surface area contributed by atoms with Gasteiger partial charge in [-0.3, -0.25) is 4.79 Å². The van der Waals surface area contributed by atoms with E-state index >= 15 is 0 Å². The number of nitrogens with zero attached hydrogens (tertiary/aromatic N) is 1. The predicted molar refractivity (Wildman–Crippen MR) is 62.9 cm³/mol. The molecule has 4 nitrogen and oxygen atoms in total. The van der Waals surface area contributed by atoms with Crippen LogP contribution in [-0.4, -0.2) is 54.4 Å². The van der Waals surface area contributed by atoms with E-state index < -0.39 is 5.97 Å². The summed E-state index contributed by atoms with van der Waals surface area (Å²) in [6, 6.07) is 0. The van der Waals surface area contributed by atoms with Crippen LogP contribution in [0.4, 0.5) is 0 Å². The third kappa shape index (κ3) is 22.8. The molecule has 0 saturated heterocycles. The van der Waals surface area contributed by atoms with Gasteiger partial charge in [-0.2, -0.15) is 0 Å². The summed E-state index contributed by atoms with van der Waals surface area (Å²) in [6.07, 6.45) is 0. The van der Waals surface area contributed by atoms with Crippen molar-refractivity contribution in [2.45, 2.75) is 0 Å². The zero-order chi connectivity index (χ0) is 10.7. The van der Waals surface area contributed by atoms with Crippen molar-refractivity contribution in [2.24, 2.45) is 5.73 Å². The second-order valence-corrected chi connectivity index (χ2v) is 3.04. The van der Waals surface area contributed by atoms with Crippen LogP contribution < -0.4 is 5.73 Å². The second-order valence-electron chi connectivity index (χ2n) is 2.28. The van der Waals surface area contributed by atoms with Gasteiger partial charge in [-0.15, -0.1) is 35.6 Å². The van der Waals surface area contributed by atoms with Crippen LogP contribution in [0.15, 0.2) is 0 Å². The zero-order valence-corrected chi connectivity index (χ0v) is 10.4. The second kappa shape index (κ2) is 15.7. The van der Waals surface area contributed by atoms with Crippen molar-refractivity contribution < 1.29 is 9.90 Å². The number of nitrogens with two attached hydrogens (primary N) is 1. The Kier molecular flexibility index (Phi) is 22.2. The lowest BCUT2D eigenvalue weighted by Gasteiger charge is -2.11. The highest BCUT2D eigenvalue weighted by atomic mass is 35.5. The summed E-state index contributed by atoms with van der Waals surface area (Å²) in [5.74, 6) is 0.408. The third-order valence-corrected chi connectivity index (χ3v) is 1.45. The van der Waals surface area contributed by atoms with Crippen molar-refractivity contribution in [3.05, 3.63) is 0 Å². The topological polar surface area (TPSA) is 66.6 Å². The van der Waals surface area contributed by atoms with Crippen LogP contribution in [-0.2, 0) is 4.79 Å². The highest BCUT2D eigenvalue weighted by molar-refractivity contribution is 6.18. The fourth-order valence-electron chi connectivity index (χ4n) is 0.400. The summed E-state index contributed by atoms with van der Waals surface area (Å²) in [6.45, 7) is 1.57. The van der Waals surface area contributed by atoms with E-state index in [9.17, 15) is 4.79 Å². The van der Waals surface area contributed by atoms with E-state index in [1.54, 1.807) is 0 Å². The molecule has 0 aliphatic carbocycles. The summed E-state index contributed by atoms with van der Waals surface area (Å²) in [5, 5.41) is 7.60. The van der Waals surface area contributed by atoms with Gasteiger partial charge in [-0.25, -0.2) is 0 Å². The van der Waals surface area contributed by atoms with E-state index in [-0.39, 0.29) is 19.0 Å². The molecule has 0 rings (SSSR count). The molecular weight excluding hydrogens is 250 g/mol. The fraction of sp³-hybridized carbons (Fsp3) is 0.857. The number of halogens is 3. The van der Waals surface area contributed by atoms with Crippen molar-refractivity contribution >= 4 is 41.6 Å². The Morgan fingerprint density at radius 2 is 1.64 bits per heavy atom. The van der Waals surface area contributed by atoms with Crippen LogP contribution in [0.25, 0.3) is 0 Å². The van der Waals surface area contributed by atoms with Crippen molar-refractivity contribution in [2.75, 3.05) is 38.4 Å². The molecule has 88 valence electrons. The lowest BCUT2D eigenvalue weighted by molar-refractivity contribution is -0.135.